The Morgan fingerprint density at radius 2 is 1.93 bits per heavy atom. The SMILES string of the molecule is COc1ccc(OCC(=O)NCCn2nc(-n3cncn3)ccc2=O)cc1. The van der Waals surface area contributed by atoms with Gasteiger partial charge >= 0.3 is 0 Å². The van der Waals surface area contributed by atoms with E-state index in [0.717, 1.165) is 0 Å². The van der Waals surface area contributed by atoms with Crippen molar-refractivity contribution in [1.29, 1.82) is 0 Å². The van der Waals surface area contributed by atoms with Crippen molar-refractivity contribution in [3.05, 3.63) is 59.4 Å². The lowest BCUT2D eigenvalue weighted by molar-refractivity contribution is -0.123. The second-order valence-corrected chi connectivity index (χ2v) is 5.41. The van der Waals surface area contributed by atoms with Crippen LogP contribution in [0.15, 0.2) is 53.8 Å². The highest BCUT2D eigenvalue weighted by Gasteiger charge is 2.06. The van der Waals surface area contributed by atoms with Gasteiger partial charge in [0, 0.05) is 12.6 Å². The van der Waals surface area contributed by atoms with Crippen molar-refractivity contribution in [3.8, 4) is 17.3 Å². The number of carbonyl (C=O) groups is 1. The van der Waals surface area contributed by atoms with E-state index in [1.807, 2.05) is 0 Å². The van der Waals surface area contributed by atoms with Crippen LogP contribution >= 0.6 is 0 Å². The predicted octanol–water partition coefficient (Wildman–Crippen LogP) is 0.0278. The second-order valence-electron chi connectivity index (χ2n) is 5.41. The molecule has 1 aromatic carbocycles. The fourth-order valence-electron chi connectivity index (χ4n) is 2.22. The quantitative estimate of drug-likeness (QED) is 0.595. The Morgan fingerprint density at radius 1 is 1.15 bits per heavy atom. The zero-order valence-corrected chi connectivity index (χ0v) is 14.6. The van der Waals surface area contributed by atoms with Crippen LogP contribution in [0, 0.1) is 0 Å². The smallest absolute Gasteiger partial charge is 0.266 e. The van der Waals surface area contributed by atoms with Crippen molar-refractivity contribution in [1.82, 2.24) is 29.9 Å². The second kappa shape index (κ2) is 8.61. The number of benzene rings is 1. The molecule has 10 heteroatoms. The van der Waals surface area contributed by atoms with Gasteiger partial charge in [-0.25, -0.2) is 14.3 Å². The number of nitrogens with one attached hydrogen (secondary N) is 1. The molecule has 0 radical (unpaired) electrons. The van der Waals surface area contributed by atoms with E-state index >= 15 is 0 Å². The topological polar surface area (TPSA) is 113 Å². The number of rotatable bonds is 8. The fraction of sp³-hybridized carbons (Fsp3) is 0.235. The highest BCUT2D eigenvalue weighted by Crippen LogP contribution is 2.16. The molecule has 10 nitrogen and oxygen atoms in total. The summed E-state index contributed by atoms with van der Waals surface area (Å²) in [5.41, 5.74) is -0.275. The van der Waals surface area contributed by atoms with Crippen molar-refractivity contribution in [2.24, 2.45) is 0 Å². The van der Waals surface area contributed by atoms with Crippen molar-refractivity contribution >= 4 is 5.91 Å². The molecule has 0 saturated heterocycles. The van der Waals surface area contributed by atoms with Crippen LogP contribution in [0.25, 0.3) is 5.82 Å². The molecule has 0 fully saturated rings. The summed E-state index contributed by atoms with van der Waals surface area (Å²) in [4.78, 5) is 27.6. The first-order chi connectivity index (χ1) is 13.2. The van der Waals surface area contributed by atoms with E-state index in [2.05, 4.69) is 20.5 Å². The molecule has 1 amide bonds. The summed E-state index contributed by atoms with van der Waals surface area (Å²) in [7, 11) is 1.57. The van der Waals surface area contributed by atoms with Crippen LogP contribution in [0.4, 0.5) is 0 Å². The lowest BCUT2D eigenvalue weighted by Crippen LogP contribution is -2.34. The standard InChI is InChI=1S/C17H18N6O4/c1-26-13-2-4-14(5-3-13)27-10-16(24)19-8-9-22-17(25)7-6-15(21-22)23-12-18-11-20-23/h2-7,11-12H,8-10H2,1H3,(H,19,24). The number of hydrogen-bond acceptors (Lipinski definition) is 7. The summed E-state index contributed by atoms with van der Waals surface area (Å²) in [5.74, 6) is 1.43. The highest BCUT2D eigenvalue weighted by atomic mass is 16.5. The number of methoxy groups -OCH3 is 1. The van der Waals surface area contributed by atoms with Gasteiger partial charge in [-0.3, -0.25) is 9.59 Å². The molecule has 0 atom stereocenters. The van der Waals surface area contributed by atoms with Gasteiger partial charge in [-0.2, -0.15) is 5.10 Å². The van der Waals surface area contributed by atoms with Gasteiger partial charge < -0.3 is 14.8 Å². The number of hydrogen-bond donors (Lipinski definition) is 1. The Labute approximate surface area is 154 Å². The third kappa shape index (κ3) is 4.91. The largest absolute Gasteiger partial charge is 0.497 e. The van der Waals surface area contributed by atoms with Crippen molar-refractivity contribution in [2.45, 2.75) is 6.54 Å². The first-order valence-electron chi connectivity index (χ1n) is 8.12. The zero-order chi connectivity index (χ0) is 19.1. The van der Waals surface area contributed by atoms with Gasteiger partial charge in [0.25, 0.3) is 11.5 Å². The molecule has 0 aliphatic rings. The Bertz CT molecular complexity index is 937. The van der Waals surface area contributed by atoms with Gasteiger partial charge in [-0.05, 0) is 30.3 Å². The summed E-state index contributed by atoms with van der Waals surface area (Å²) in [6.45, 7) is 0.321. The van der Waals surface area contributed by atoms with Crippen LogP contribution in [0.3, 0.4) is 0 Å². The molecule has 2 heterocycles. The number of carbonyl (C=O) groups excluding carboxylic acids is 1. The van der Waals surface area contributed by atoms with E-state index in [9.17, 15) is 9.59 Å². The molecule has 0 bridgehead atoms. The Kier molecular flexibility index (Phi) is 5.77. The maximum absolute atomic E-state index is 11.9. The van der Waals surface area contributed by atoms with E-state index < -0.39 is 0 Å². The first kappa shape index (κ1) is 18.1. The van der Waals surface area contributed by atoms with E-state index in [-0.39, 0.29) is 31.2 Å². The van der Waals surface area contributed by atoms with E-state index in [0.29, 0.717) is 17.3 Å². The third-order valence-corrected chi connectivity index (χ3v) is 3.58. The first-order valence-corrected chi connectivity index (χ1v) is 8.12. The van der Waals surface area contributed by atoms with E-state index in [1.54, 1.807) is 37.4 Å². The highest BCUT2D eigenvalue weighted by molar-refractivity contribution is 5.77. The Hall–Kier alpha value is -3.69. The van der Waals surface area contributed by atoms with E-state index in [4.69, 9.17) is 9.47 Å². The van der Waals surface area contributed by atoms with Gasteiger partial charge in [0.05, 0.1) is 13.7 Å². The molecule has 0 unspecified atom stereocenters. The molecule has 1 N–H and O–H groups in total. The third-order valence-electron chi connectivity index (χ3n) is 3.58. The maximum Gasteiger partial charge on any atom is 0.266 e. The molecule has 0 spiro atoms. The lowest BCUT2D eigenvalue weighted by atomic mass is 10.3. The van der Waals surface area contributed by atoms with Crippen LogP contribution in [-0.2, 0) is 11.3 Å². The molecule has 3 aromatic rings. The average Bonchev–Trinajstić information content (AvgIpc) is 3.23. The fourth-order valence-corrected chi connectivity index (χ4v) is 2.22. The average molecular weight is 370 g/mol. The molecule has 0 aliphatic carbocycles. The van der Waals surface area contributed by atoms with Gasteiger partial charge in [0.2, 0.25) is 0 Å². The molecular formula is C17H18N6O4. The predicted molar refractivity (Wildman–Crippen MR) is 94.9 cm³/mol. The van der Waals surface area contributed by atoms with Crippen molar-refractivity contribution in [2.75, 3.05) is 20.3 Å². The summed E-state index contributed by atoms with van der Waals surface area (Å²) in [5, 5.41) is 10.8. The van der Waals surface area contributed by atoms with Gasteiger partial charge in [-0.15, -0.1) is 5.10 Å². The lowest BCUT2D eigenvalue weighted by Gasteiger charge is -2.09. The minimum absolute atomic E-state index is 0.131. The molecule has 0 saturated carbocycles. The number of amides is 1. The maximum atomic E-state index is 11.9. The molecule has 27 heavy (non-hydrogen) atoms. The minimum atomic E-state index is -0.300. The van der Waals surface area contributed by atoms with Crippen LogP contribution in [0.2, 0.25) is 0 Å². The molecule has 3 rings (SSSR count). The number of aromatic nitrogens is 5. The van der Waals surface area contributed by atoms with E-state index in [1.165, 1.54) is 28.1 Å². The Balaban J connectivity index is 1.48. The molecule has 2 aromatic heterocycles. The van der Waals surface area contributed by atoms with Gasteiger partial charge in [0.1, 0.15) is 24.2 Å². The molecule has 0 aliphatic heterocycles. The van der Waals surface area contributed by atoms with Crippen molar-refractivity contribution in [3.63, 3.8) is 0 Å². The van der Waals surface area contributed by atoms with Crippen molar-refractivity contribution < 1.29 is 14.3 Å². The number of ether oxygens (including phenoxy) is 2. The number of nitrogens with zero attached hydrogens (tertiary/aromatic N) is 5. The van der Waals surface area contributed by atoms with Gasteiger partial charge in [-0.1, -0.05) is 0 Å². The molecular weight excluding hydrogens is 352 g/mol. The van der Waals surface area contributed by atoms with Crippen LogP contribution < -0.4 is 20.3 Å². The van der Waals surface area contributed by atoms with Crippen LogP contribution in [-0.4, -0.2) is 50.7 Å². The minimum Gasteiger partial charge on any atom is -0.497 e. The Morgan fingerprint density at radius 3 is 2.63 bits per heavy atom. The van der Waals surface area contributed by atoms with Gasteiger partial charge in [0.15, 0.2) is 12.4 Å². The summed E-state index contributed by atoms with van der Waals surface area (Å²) in [6.07, 6.45) is 2.86. The van der Waals surface area contributed by atoms with Crippen LogP contribution in [0.1, 0.15) is 0 Å². The zero-order valence-electron chi connectivity index (χ0n) is 14.6. The summed E-state index contributed by atoms with van der Waals surface area (Å²) >= 11 is 0. The summed E-state index contributed by atoms with van der Waals surface area (Å²) < 4.78 is 13.1. The molecule has 140 valence electrons. The summed E-state index contributed by atoms with van der Waals surface area (Å²) in [6, 6.07) is 9.85. The van der Waals surface area contributed by atoms with Crippen LogP contribution in [0.5, 0.6) is 11.5 Å². The monoisotopic (exact) mass is 370 g/mol. The normalized spacial score (nSPS) is 10.4.